The summed E-state index contributed by atoms with van der Waals surface area (Å²) in [6.45, 7) is 1.84. The molecule has 0 aliphatic carbocycles. The minimum Gasteiger partial charge on any atom is -0.332 e. The summed E-state index contributed by atoms with van der Waals surface area (Å²) in [7, 11) is 0. The number of non-ortho nitro benzene ring substituents is 1. The highest BCUT2D eigenvalue weighted by Gasteiger charge is 2.06. The Kier molecular flexibility index (Phi) is 6.21. The highest BCUT2D eigenvalue weighted by molar-refractivity contribution is 7.80. The molecule has 0 saturated carbocycles. The lowest BCUT2D eigenvalue weighted by molar-refractivity contribution is -0.384. The summed E-state index contributed by atoms with van der Waals surface area (Å²) in [5.74, 6) is -0.421. The number of nitro benzene ring substituents is 1. The second-order valence-corrected chi connectivity index (χ2v) is 5.85. The van der Waals surface area contributed by atoms with Crippen LogP contribution in [0, 0.1) is 17.0 Å². The number of amides is 1. The first-order chi connectivity index (χ1) is 11.9. The van der Waals surface area contributed by atoms with Crippen LogP contribution >= 0.6 is 23.8 Å². The van der Waals surface area contributed by atoms with E-state index in [4.69, 9.17) is 23.8 Å². The number of nitrogens with zero attached hydrogens (tertiary/aromatic N) is 1. The number of anilines is 1. The van der Waals surface area contributed by atoms with E-state index in [1.165, 1.54) is 24.3 Å². The van der Waals surface area contributed by atoms with Crippen LogP contribution in [0.5, 0.6) is 0 Å². The zero-order chi connectivity index (χ0) is 18.4. The molecule has 0 fully saturated rings. The first kappa shape index (κ1) is 18.6. The van der Waals surface area contributed by atoms with Gasteiger partial charge < -0.3 is 5.32 Å². The van der Waals surface area contributed by atoms with Crippen molar-refractivity contribution in [3.8, 4) is 0 Å². The lowest BCUT2D eigenvalue weighted by Crippen LogP contribution is -2.33. The fraction of sp³-hybridized carbons (Fsp3) is 0.0588. The molecular formula is C17H14ClN3O3S. The highest BCUT2D eigenvalue weighted by Crippen LogP contribution is 2.22. The molecule has 2 N–H and O–H groups in total. The van der Waals surface area contributed by atoms with Crippen LogP contribution in [-0.2, 0) is 4.79 Å². The lowest BCUT2D eigenvalue weighted by Gasteiger charge is -2.11. The van der Waals surface area contributed by atoms with Gasteiger partial charge in [-0.1, -0.05) is 17.7 Å². The highest BCUT2D eigenvalue weighted by atomic mass is 35.5. The number of thiocarbonyl (C=S) groups is 1. The van der Waals surface area contributed by atoms with Crippen LogP contribution in [0.15, 0.2) is 48.5 Å². The van der Waals surface area contributed by atoms with Crippen molar-refractivity contribution < 1.29 is 9.72 Å². The van der Waals surface area contributed by atoms with E-state index in [0.29, 0.717) is 16.3 Å². The first-order valence-electron chi connectivity index (χ1n) is 7.16. The average Bonchev–Trinajstić information content (AvgIpc) is 2.57. The minimum absolute atomic E-state index is 0.0103. The van der Waals surface area contributed by atoms with Crippen LogP contribution in [0.2, 0.25) is 5.02 Å². The number of nitrogens with one attached hydrogen (secondary N) is 2. The summed E-state index contributed by atoms with van der Waals surface area (Å²) in [6.07, 6.45) is 2.83. The molecule has 8 heteroatoms. The van der Waals surface area contributed by atoms with Gasteiger partial charge in [0.25, 0.3) is 5.69 Å². The summed E-state index contributed by atoms with van der Waals surface area (Å²) in [4.78, 5) is 22.0. The number of hydrogen-bond donors (Lipinski definition) is 2. The maximum Gasteiger partial charge on any atom is 0.269 e. The summed E-state index contributed by atoms with van der Waals surface area (Å²) in [5.41, 5.74) is 2.17. The van der Waals surface area contributed by atoms with Gasteiger partial charge in [0, 0.05) is 28.9 Å². The van der Waals surface area contributed by atoms with Crippen molar-refractivity contribution in [3.05, 3.63) is 74.8 Å². The molecule has 0 saturated heterocycles. The summed E-state index contributed by atoms with van der Waals surface area (Å²) >= 11 is 11.1. The second kappa shape index (κ2) is 8.36. The zero-order valence-corrected chi connectivity index (χ0v) is 14.7. The standard InChI is InChI=1S/C17H14ClN3O3S/c1-11-14(18)3-2-4-15(11)19-17(25)20-16(22)10-7-12-5-8-13(9-6-12)21(23)24/h2-10H,1H3,(H2,19,20,22,25)/b10-7+. The molecule has 0 unspecified atom stereocenters. The van der Waals surface area contributed by atoms with Gasteiger partial charge in [-0.05, 0) is 60.6 Å². The van der Waals surface area contributed by atoms with E-state index in [-0.39, 0.29) is 10.8 Å². The fourth-order valence-electron chi connectivity index (χ4n) is 1.93. The molecule has 0 atom stereocenters. The van der Waals surface area contributed by atoms with Crippen molar-refractivity contribution in [3.63, 3.8) is 0 Å². The Bertz CT molecular complexity index is 851. The van der Waals surface area contributed by atoms with E-state index in [0.717, 1.165) is 5.56 Å². The number of carbonyl (C=O) groups excluding carboxylic acids is 1. The van der Waals surface area contributed by atoms with Crippen LogP contribution in [0.4, 0.5) is 11.4 Å². The third-order valence-corrected chi connectivity index (χ3v) is 3.90. The van der Waals surface area contributed by atoms with Crippen LogP contribution < -0.4 is 10.6 Å². The van der Waals surface area contributed by atoms with Crippen molar-refractivity contribution in [1.29, 1.82) is 0 Å². The molecule has 0 spiro atoms. The molecule has 0 bridgehead atoms. The minimum atomic E-state index is -0.484. The Morgan fingerprint density at radius 2 is 1.92 bits per heavy atom. The Morgan fingerprint density at radius 1 is 1.24 bits per heavy atom. The van der Waals surface area contributed by atoms with Crippen LogP contribution in [0.25, 0.3) is 6.08 Å². The monoisotopic (exact) mass is 375 g/mol. The second-order valence-electron chi connectivity index (χ2n) is 5.04. The van der Waals surface area contributed by atoms with Gasteiger partial charge in [0.2, 0.25) is 5.91 Å². The van der Waals surface area contributed by atoms with Crippen LogP contribution in [0.1, 0.15) is 11.1 Å². The van der Waals surface area contributed by atoms with Crippen molar-refractivity contribution in [2.75, 3.05) is 5.32 Å². The molecule has 2 aromatic carbocycles. The third kappa shape index (κ3) is 5.37. The van der Waals surface area contributed by atoms with Crippen molar-refractivity contribution in [2.45, 2.75) is 6.92 Å². The topological polar surface area (TPSA) is 84.3 Å². The Morgan fingerprint density at radius 3 is 2.56 bits per heavy atom. The third-order valence-electron chi connectivity index (χ3n) is 3.28. The normalized spacial score (nSPS) is 10.5. The average molecular weight is 376 g/mol. The largest absolute Gasteiger partial charge is 0.332 e. The Balaban J connectivity index is 1.93. The van der Waals surface area contributed by atoms with E-state index in [2.05, 4.69) is 10.6 Å². The van der Waals surface area contributed by atoms with Crippen molar-refractivity contribution in [2.24, 2.45) is 0 Å². The van der Waals surface area contributed by atoms with Gasteiger partial charge in [0.05, 0.1) is 4.92 Å². The van der Waals surface area contributed by atoms with Gasteiger partial charge in [-0.15, -0.1) is 0 Å². The molecule has 25 heavy (non-hydrogen) atoms. The van der Waals surface area contributed by atoms with Gasteiger partial charge in [0.1, 0.15) is 0 Å². The number of rotatable bonds is 4. The van der Waals surface area contributed by atoms with E-state index in [1.54, 1.807) is 30.3 Å². The molecule has 0 radical (unpaired) electrons. The summed E-state index contributed by atoms with van der Waals surface area (Å²) in [5, 5.41) is 16.7. The molecule has 2 aromatic rings. The van der Waals surface area contributed by atoms with E-state index >= 15 is 0 Å². The molecule has 128 valence electrons. The molecule has 1 amide bonds. The van der Waals surface area contributed by atoms with Gasteiger partial charge in [-0.3, -0.25) is 20.2 Å². The fourth-order valence-corrected chi connectivity index (χ4v) is 2.31. The van der Waals surface area contributed by atoms with Gasteiger partial charge in [0.15, 0.2) is 5.11 Å². The van der Waals surface area contributed by atoms with Crippen LogP contribution in [0.3, 0.4) is 0 Å². The van der Waals surface area contributed by atoms with Gasteiger partial charge in [-0.25, -0.2) is 0 Å². The predicted molar refractivity (Wildman–Crippen MR) is 103 cm³/mol. The smallest absolute Gasteiger partial charge is 0.269 e. The number of halogens is 1. The molecule has 0 heterocycles. The molecule has 6 nitrogen and oxygen atoms in total. The number of benzene rings is 2. The van der Waals surface area contributed by atoms with E-state index in [1.807, 2.05) is 6.92 Å². The maximum atomic E-state index is 11.9. The summed E-state index contributed by atoms with van der Waals surface area (Å²) in [6, 6.07) is 11.2. The number of nitro groups is 1. The van der Waals surface area contributed by atoms with Gasteiger partial charge in [-0.2, -0.15) is 0 Å². The molecule has 0 aromatic heterocycles. The molecule has 2 rings (SSSR count). The lowest BCUT2D eigenvalue weighted by atomic mass is 10.2. The summed E-state index contributed by atoms with van der Waals surface area (Å²) < 4.78 is 0. The molecule has 0 aliphatic heterocycles. The predicted octanol–water partition coefficient (Wildman–Crippen LogP) is 4.08. The molecular weight excluding hydrogens is 362 g/mol. The van der Waals surface area contributed by atoms with Crippen LogP contribution in [-0.4, -0.2) is 15.9 Å². The first-order valence-corrected chi connectivity index (χ1v) is 7.95. The zero-order valence-electron chi connectivity index (χ0n) is 13.2. The molecule has 0 aliphatic rings. The maximum absolute atomic E-state index is 11.9. The van der Waals surface area contributed by atoms with Gasteiger partial charge >= 0.3 is 0 Å². The number of hydrogen-bond acceptors (Lipinski definition) is 4. The Labute approximate surface area is 154 Å². The number of carbonyl (C=O) groups is 1. The van der Waals surface area contributed by atoms with Crippen molar-refractivity contribution >= 4 is 52.3 Å². The Hall–Kier alpha value is -2.77. The van der Waals surface area contributed by atoms with Crippen molar-refractivity contribution in [1.82, 2.24) is 5.32 Å². The quantitative estimate of drug-likeness (QED) is 0.364. The van der Waals surface area contributed by atoms with E-state index < -0.39 is 10.8 Å². The van der Waals surface area contributed by atoms with E-state index in [9.17, 15) is 14.9 Å². The SMILES string of the molecule is Cc1c(Cl)cccc1NC(=S)NC(=O)/C=C/c1ccc([N+](=O)[O-])cc1.